The minimum Gasteiger partial charge on any atom is -0.481 e. The normalized spacial score (nSPS) is 11.5. The molecule has 2 aromatic carbocycles. The Morgan fingerprint density at radius 2 is 1.86 bits per heavy atom. The summed E-state index contributed by atoms with van der Waals surface area (Å²) in [5.41, 5.74) is 4.99. The zero-order valence-corrected chi connectivity index (χ0v) is 11.8. The molecule has 0 fully saturated rings. The van der Waals surface area contributed by atoms with Gasteiger partial charge in [0.25, 0.3) is 5.91 Å². The molecule has 0 aliphatic rings. The summed E-state index contributed by atoms with van der Waals surface area (Å²) >= 11 is 0. The van der Waals surface area contributed by atoms with Crippen molar-refractivity contribution in [3.8, 4) is 17.2 Å². The van der Waals surface area contributed by atoms with Gasteiger partial charge in [-0.05, 0) is 25.1 Å². The summed E-state index contributed by atoms with van der Waals surface area (Å²) in [6.45, 7) is 1.53. The molecule has 1 unspecified atom stereocenters. The molecule has 2 aromatic rings. The van der Waals surface area contributed by atoms with Gasteiger partial charge < -0.3 is 15.2 Å². The molecule has 7 heteroatoms. The fraction of sp³-hybridized carbons (Fsp3) is 0.133. The van der Waals surface area contributed by atoms with Crippen molar-refractivity contribution in [1.82, 2.24) is 0 Å². The summed E-state index contributed by atoms with van der Waals surface area (Å²) in [5, 5.41) is 10.9. The first kappa shape index (κ1) is 15.3. The number of nitro groups is 1. The molecule has 0 heterocycles. The average molecular weight is 302 g/mol. The van der Waals surface area contributed by atoms with Gasteiger partial charge >= 0.3 is 5.69 Å². The second kappa shape index (κ2) is 6.57. The van der Waals surface area contributed by atoms with Crippen molar-refractivity contribution in [2.75, 3.05) is 0 Å². The largest absolute Gasteiger partial charge is 0.481 e. The second-order valence-electron chi connectivity index (χ2n) is 4.46. The van der Waals surface area contributed by atoms with Crippen LogP contribution in [0.1, 0.15) is 6.92 Å². The van der Waals surface area contributed by atoms with Crippen molar-refractivity contribution >= 4 is 11.6 Å². The van der Waals surface area contributed by atoms with Gasteiger partial charge in [-0.3, -0.25) is 14.9 Å². The molecule has 0 aliphatic heterocycles. The molecule has 1 amide bonds. The number of ether oxygens (including phenoxy) is 2. The first-order valence-corrected chi connectivity index (χ1v) is 6.44. The maximum atomic E-state index is 11.0. The molecule has 0 saturated heterocycles. The summed E-state index contributed by atoms with van der Waals surface area (Å²) in [6, 6.07) is 12.5. The third kappa shape index (κ3) is 3.72. The highest BCUT2D eigenvalue weighted by Gasteiger charge is 2.15. The third-order valence-electron chi connectivity index (χ3n) is 2.81. The first-order valence-electron chi connectivity index (χ1n) is 6.44. The Balaban J connectivity index is 2.21. The number of nitrogens with zero attached hydrogens (tertiary/aromatic N) is 1. The van der Waals surface area contributed by atoms with Crippen LogP contribution in [0.2, 0.25) is 0 Å². The highest BCUT2D eigenvalue weighted by Crippen LogP contribution is 2.32. The van der Waals surface area contributed by atoms with Crippen molar-refractivity contribution in [3.05, 3.63) is 58.6 Å². The van der Waals surface area contributed by atoms with Gasteiger partial charge in [0.2, 0.25) is 5.75 Å². The summed E-state index contributed by atoms with van der Waals surface area (Å²) in [6.07, 6.45) is -0.790. The van der Waals surface area contributed by atoms with Gasteiger partial charge in [0.15, 0.2) is 6.10 Å². The number of hydrogen-bond acceptors (Lipinski definition) is 5. The SMILES string of the molecule is CC(Oc1cccc(Oc2ccccc2[N+](=O)[O-])c1)C(N)=O. The van der Waals surface area contributed by atoms with Crippen molar-refractivity contribution in [2.24, 2.45) is 5.73 Å². The van der Waals surface area contributed by atoms with Gasteiger partial charge in [0.1, 0.15) is 11.5 Å². The van der Waals surface area contributed by atoms with E-state index in [0.717, 1.165) is 0 Å². The van der Waals surface area contributed by atoms with E-state index in [1.165, 1.54) is 25.1 Å². The number of nitrogens with two attached hydrogens (primary N) is 1. The number of benzene rings is 2. The van der Waals surface area contributed by atoms with Crippen LogP contribution in [-0.4, -0.2) is 16.9 Å². The van der Waals surface area contributed by atoms with Crippen LogP contribution < -0.4 is 15.2 Å². The Hall–Kier alpha value is -3.09. The minimum atomic E-state index is -0.790. The second-order valence-corrected chi connectivity index (χ2v) is 4.46. The van der Waals surface area contributed by atoms with Crippen LogP contribution in [0, 0.1) is 10.1 Å². The Morgan fingerprint density at radius 1 is 1.18 bits per heavy atom. The number of hydrogen-bond donors (Lipinski definition) is 1. The number of carbonyl (C=O) groups excluding carboxylic acids is 1. The number of nitro benzene ring substituents is 1. The van der Waals surface area contributed by atoms with Gasteiger partial charge in [-0.25, -0.2) is 0 Å². The van der Waals surface area contributed by atoms with Crippen molar-refractivity contribution in [3.63, 3.8) is 0 Å². The van der Waals surface area contributed by atoms with Gasteiger partial charge in [-0.15, -0.1) is 0 Å². The summed E-state index contributed by atoms with van der Waals surface area (Å²) in [4.78, 5) is 21.4. The quantitative estimate of drug-likeness (QED) is 0.652. The molecule has 0 saturated carbocycles. The lowest BCUT2D eigenvalue weighted by Gasteiger charge is -2.12. The predicted octanol–water partition coefficient (Wildman–Crippen LogP) is 2.64. The smallest absolute Gasteiger partial charge is 0.311 e. The lowest BCUT2D eigenvalue weighted by atomic mass is 10.3. The van der Waals surface area contributed by atoms with Gasteiger partial charge in [-0.1, -0.05) is 18.2 Å². The molecular weight excluding hydrogens is 288 g/mol. The Labute approximate surface area is 126 Å². The van der Waals surface area contributed by atoms with E-state index in [1.807, 2.05) is 0 Å². The van der Waals surface area contributed by atoms with Crippen LogP contribution in [0.25, 0.3) is 0 Å². The van der Waals surface area contributed by atoms with Crippen LogP contribution in [0.5, 0.6) is 17.2 Å². The molecule has 7 nitrogen and oxygen atoms in total. The Bertz CT molecular complexity index is 702. The van der Waals surface area contributed by atoms with Crippen molar-refractivity contribution in [2.45, 2.75) is 13.0 Å². The number of para-hydroxylation sites is 2. The van der Waals surface area contributed by atoms with Gasteiger partial charge in [0, 0.05) is 12.1 Å². The Kier molecular flexibility index (Phi) is 4.57. The van der Waals surface area contributed by atoms with E-state index < -0.39 is 16.9 Å². The topological polar surface area (TPSA) is 105 Å². The maximum absolute atomic E-state index is 11.0. The number of carbonyl (C=O) groups is 1. The first-order chi connectivity index (χ1) is 10.5. The van der Waals surface area contributed by atoms with Crippen LogP contribution >= 0.6 is 0 Å². The fourth-order valence-corrected chi connectivity index (χ4v) is 1.69. The monoisotopic (exact) mass is 302 g/mol. The lowest BCUT2D eigenvalue weighted by Crippen LogP contribution is -2.30. The summed E-state index contributed by atoms with van der Waals surface area (Å²) < 4.78 is 10.9. The number of primary amides is 1. The van der Waals surface area contributed by atoms with E-state index in [-0.39, 0.29) is 11.4 Å². The van der Waals surface area contributed by atoms with Crippen LogP contribution in [0.3, 0.4) is 0 Å². The van der Waals surface area contributed by atoms with E-state index in [2.05, 4.69) is 0 Å². The Morgan fingerprint density at radius 3 is 2.55 bits per heavy atom. The zero-order chi connectivity index (χ0) is 16.1. The lowest BCUT2D eigenvalue weighted by molar-refractivity contribution is -0.385. The molecule has 0 aliphatic carbocycles. The highest BCUT2D eigenvalue weighted by atomic mass is 16.6. The van der Waals surface area contributed by atoms with Gasteiger partial charge in [0.05, 0.1) is 4.92 Å². The fourth-order valence-electron chi connectivity index (χ4n) is 1.69. The number of amides is 1. The minimum absolute atomic E-state index is 0.118. The van der Waals surface area contributed by atoms with Gasteiger partial charge in [-0.2, -0.15) is 0 Å². The summed E-state index contributed by atoms with van der Waals surface area (Å²) in [5.74, 6) is 0.253. The summed E-state index contributed by atoms with van der Waals surface area (Å²) in [7, 11) is 0. The van der Waals surface area contributed by atoms with Crippen LogP contribution in [0.4, 0.5) is 5.69 Å². The van der Waals surface area contributed by atoms with E-state index in [4.69, 9.17) is 15.2 Å². The molecular formula is C15H14N2O5. The molecule has 2 rings (SSSR count). The van der Waals surface area contributed by atoms with E-state index >= 15 is 0 Å². The van der Waals surface area contributed by atoms with Crippen molar-refractivity contribution < 1.29 is 19.2 Å². The molecule has 22 heavy (non-hydrogen) atoms. The highest BCUT2D eigenvalue weighted by molar-refractivity contribution is 5.78. The third-order valence-corrected chi connectivity index (χ3v) is 2.81. The average Bonchev–Trinajstić information content (AvgIpc) is 2.47. The molecule has 0 aromatic heterocycles. The molecule has 0 radical (unpaired) electrons. The molecule has 2 N–H and O–H groups in total. The molecule has 114 valence electrons. The number of rotatable bonds is 6. The zero-order valence-electron chi connectivity index (χ0n) is 11.8. The standard InChI is InChI=1S/C15H14N2O5/c1-10(15(16)18)21-11-5-4-6-12(9-11)22-14-8-3-2-7-13(14)17(19)20/h2-10H,1H3,(H2,16,18). The van der Waals surface area contributed by atoms with E-state index in [9.17, 15) is 14.9 Å². The van der Waals surface area contributed by atoms with Crippen LogP contribution in [-0.2, 0) is 4.79 Å². The molecule has 0 bridgehead atoms. The predicted molar refractivity (Wildman–Crippen MR) is 78.9 cm³/mol. The van der Waals surface area contributed by atoms with E-state index in [0.29, 0.717) is 11.5 Å². The molecule has 0 spiro atoms. The van der Waals surface area contributed by atoms with E-state index in [1.54, 1.807) is 30.3 Å². The van der Waals surface area contributed by atoms with Crippen molar-refractivity contribution in [1.29, 1.82) is 0 Å². The van der Waals surface area contributed by atoms with Crippen LogP contribution in [0.15, 0.2) is 48.5 Å². The molecule has 1 atom stereocenters. The maximum Gasteiger partial charge on any atom is 0.311 e.